The van der Waals surface area contributed by atoms with Gasteiger partial charge in [0.2, 0.25) is 0 Å². The summed E-state index contributed by atoms with van der Waals surface area (Å²) in [6.45, 7) is 10.4. The molecule has 0 N–H and O–H groups in total. The van der Waals surface area contributed by atoms with Gasteiger partial charge in [0.15, 0.2) is 12.4 Å². The van der Waals surface area contributed by atoms with Crippen LogP contribution in [0.25, 0.3) is 0 Å². The van der Waals surface area contributed by atoms with Gasteiger partial charge in [0.25, 0.3) is 6.73 Å². The van der Waals surface area contributed by atoms with Crippen LogP contribution in [0.5, 0.6) is 0 Å². The second-order valence-electron chi connectivity index (χ2n) is 4.56. The first-order valence-corrected chi connectivity index (χ1v) is 6.82. The molecule has 0 spiro atoms. The second-order valence-corrected chi connectivity index (χ2v) is 4.56. The normalized spacial score (nSPS) is 10.8. The predicted octanol–water partition coefficient (Wildman–Crippen LogP) is 3.18. The molecule has 0 atom stereocenters. The molecule has 0 amide bonds. The van der Waals surface area contributed by atoms with E-state index in [1.807, 2.05) is 0 Å². The Kier molecular flexibility index (Phi) is 6.20. The minimum absolute atomic E-state index is 0.678. The third kappa shape index (κ3) is 4.12. The van der Waals surface area contributed by atoms with Crippen LogP contribution in [0.15, 0.2) is 12.4 Å². The van der Waals surface area contributed by atoms with E-state index in [4.69, 9.17) is 4.74 Å². The highest BCUT2D eigenvalue weighted by atomic mass is 16.5. The van der Waals surface area contributed by atoms with Gasteiger partial charge in [0.05, 0.1) is 6.61 Å². The molecule has 0 aromatic carbocycles. The first-order chi connectivity index (χ1) is 8.22. The summed E-state index contributed by atoms with van der Waals surface area (Å²) in [6.07, 6.45) is 8.99. The van der Waals surface area contributed by atoms with Gasteiger partial charge in [-0.3, -0.25) is 0 Å². The fourth-order valence-corrected chi connectivity index (χ4v) is 2.20. The highest BCUT2D eigenvalue weighted by Crippen LogP contribution is 2.12. The maximum Gasteiger partial charge on any atom is 0.252 e. The van der Waals surface area contributed by atoms with Gasteiger partial charge >= 0.3 is 0 Å². The van der Waals surface area contributed by atoms with E-state index in [1.54, 1.807) is 0 Å². The van der Waals surface area contributed by atoms with Crippen molar-refractivity contribution in [1.82, 2.24) is 0 Å². The van der Waals surface area contributed by atoms with Crippen LogP contribution >= 0.6 is 0 Å². The molecule has 0 bridgehead atoms. The Bertz CT molecular complexity index is 347. The number of rotatable bonds is 7. The zero-order chi connectivity index (χ0) is 12.7. The van der Waals surface area contributed by atoms with Crippen LogP contribution in [0.3, 0.4) is 0 Å². The highest BCUT2D eigenvalue weighted by Gasteiger charge is 2.10. The van der Waals surface area contributed by atoms with Gasteiger partial charge in [-0.2, -0.15) is 4.57 Å². The third-order valence-electron chi connectivity index (χ3n) is 3.16. The highest BCUT2D eigenvalue weighted by molar-refractivity contribution is 5.28. The summed E-state index contributed by atoms with van der Waals surface area (Å²) in [7, 11) is 0. The lowest BCUT2D eigenvalue weighted by Gasteiger charge is -2.08. The SMILES string of the molecule is CCCCOC[n+]1cc(C)c(CC)c(CC)c1. The maximum absolute atomic E-state index is 5.65. The summed E-state index contributed by atoms with van der Waals surface area (Å²) >= 11 is 0. The van der Waals surface area contributed by atoms with Crippen molar-refractivity contribution >= 4 is 0 Å². The number of hydrogen-bond donors (Lipinski definition) is 0. The van der Waals surface area contributed by atoms with Crippen molar-refractivity contribution in [2.24, 2.45) is 0 Å². The molecule has 1 aromatic rings. The van der Waals surface area contributed by atoms with E-state index in [9.17, 15) is 0 Å². The van der Waals surface area contributed by atoms with Crippen molar-refractivity contribution in [2.75, 3.05) is 6.61 Å². The number of aryl methyl sites for hydroxylation is 2. The standard InChI is InChI=1S/C15H26NO/c1-5-8-9-17-12-16-10-13(4)15(7-3)14(6-2)11-16/h10-11H,5-9,12H2,1-4H3/q+1. The van der Waals surface area contributed by atoms with E-state index in [0.717, 1.165) is 25.9 Å². The van der Waals surface area contributed by atoms with Crippen molar-refractivity contribution in [1.29, 1.82) is 0 Å². The zero-order valence-corrected chi connectivity index (χ0v) is 11.8. The molecule has 2 nitrogen and oxygen atoms in total. The third-order valence-corrected chi connectivity index (χ3v) is 3.16. The van der Waals surface area contributed by atoms with Crippen LogP contribution in [-0.2, 0) is 24.3 Å². The fourth-order valence-electron chi connectivity index (χ4n) is 2.20. The van der Waals surface area contributed by atoms with Gasteiger partial charge in [-0.1, -0.05) is 27.2 Å². The monoisotopic (exact) mass is 236 g/mol. The van der Waals surface area contributed by atoms with Crippen molar-refractivity contribution < 1.29 is 9.30 Å². The quantitative estimate of drug-likeness (QED) is 0.523. The van der Waals surface area contributed by atoms with Crippen LogP contribution in [0.2, 0.25) is 0 Å². The summed E-state index contributed by atoms with van der Waals surface area (Å²) in [6, 6.07) is 0. The van der Waals surface area contributed by atoms with Crippen molar-refractivity contribution in [3.05, 3.63) is 29.1 Å². The molecule has 2 heteroatoms. The molecule has 0 aliphatic carbocycles. The Hall–Kier alpha value is -0.890. The van der Waals surface area contributed by atoms with Crippen LogP contribution in [0.4, 0.5) is 0 Å². The van der Waals surface area contributed by atoms with Crippen LogP contribution < -0.4 is 4.57 Å². The summed E-state index contributed by atoms with van der Waals surface area (Å²) in [5.74, 6) is 0. The van der Waals surface area contributed by atoms with Gasteiger partial charge < -0.3 is 4.74 Å². The van der Waals surface area contributed by atoms with Crippen LogP contribution in [0.1, 0.15) is 50.3 Å². The molecule has 17 heavy (non-hydrogen) atoms. The van der Waals surface area contributed by atoms with E-state index < -0.39 is 0 Å². The maximum atomic E-state index is 5.65. The number of ether oxygens (including phenoxy) is 1. The van der Waals surface area contributed by atoms with Gasteiger partial charge in [0, 0.05) is 11.1 Å². The first kappa shape index (κ1) is 14.2. The van der Waals surface area contributed by atoms with Crippen LogP contribution in [-0.4, -0.2) is 6.61 Å². The molecule has 0 saturated carbocycles. The van der Waals surface area contributed by atoms with Gasteiger partial charge in [-0.15, -0.1) is 0 Å². The van der Waals surface area contributed by atoms with Gasteiger partial charge in [-0.25, -0.2) is 0 Å². The summed E-state index contributed by atoms with van der Waals surface area (Å²) < 4.78 is 7.82. The lowest BCUT2D eigenvalue weighted by atomic mass is 10.0. The van der Waals surface area contributed by atoms with Crippen molar-refractivity contribution in [3.8, 4) is 0 Å². The average Bonchev–Trinajstić information content (AvgIpc) is 2.34. The number of hydrogen-bond acceptors (Lipinski definition) is 1. The molecule has 0 saturated heterocycles. The number of unbranched alkanes of at least 4 members (excludes halogenated alkanes) is 1. The molecule has 0 aliphatic heterocycles. The topological polar surface area (TPSA) is 13.1 Å². The lowest BCUT2D eigenvalue weighted by Crippen LogP contribution is -2.36. The molecule has 0 radical (unpaired) electrons. The predicted molar refractivity (Wildman–Crippen MR) is 71.0 cm³/mol. The zero-order valence-electron chi connectivity index (χ0n) is 11.8. The molecule has 96 valence electrons. The molecule has 1 heterocycles. The van der Waals surface area contributed by atoms with E-state index in [0.29, 0.717) is 6.73 Å². The van der Waals surface area contributed by atoms with E-state index in [-0.39, 0.29) is 0 Å². The Morgan fingerprint density at radius 2 is 1.88 bits per heavy atom. The molecular formula is C15H26NO+. The molecular weight excluding hydrogens is 210 g/mol. The summed E-state index contributed by atoms with van der Waals surface area (Å²) in [5.41, 5.74) is 4.33. The Labute approximate surface area is 106 Å². The van der Waals surface area contributed by atoms with E-state index in [1.165, 1.54) is 23.1 Å². The minimum atomic E-state index is 0.678. The Morgan fingerprint density at radius 1 is 1.12 bits per heavy atom. The number of nitrogens with zero attached hydrogens (tertiary/aromatic N) is 1. The Morgan fingerprint density at radius 3 is 2.47 bits per heavy atom. The average molecular weight is 236 g/mol. The lowest BCUT2D eigenvalue weighted by molar-refractivity contribution is -0.733. The summed E-state index contributed by atoms with van der Waals surface area (Å²) in [5, 5.41) is 0. The summed E-state index contributed by atoms with van der Waals surface area (Å²) in [4.78, 5) is 0. The molecule has 0 unspecified atom stereocenters. The van der Waals surface area contributed by atoms with Crippen LogP contribution in [0, 0.1) is 6.92 Å². The largest absolute Gasteiger partial charge is 0.323 e. The first-order valence-electron chi connectivity index (χ1n) is 6.82. The molecule has 0 fully saturated rings. The number of aromatic nitrogens is 1. The van der Waals surface area contributed by atoms with Crippen molar-refractivity contribution in [3.63, 3.8) is 0 Å². The fraction of sp³-hybridized carbons (Fsp3) is 0.667. The van der Waals surface area contributed by atoms with E-state index >= 15 is 0 Å². The molecule has 1 aromatic heterocycles. The molecule has 1 rings (SSSR count). The Balaban J connectivity index is 2.70. The second kappa shape index (κ2) is 7.44. The van der Waals surface area contributed by atoms with Gasteiger partial charge in [-0.05, 0) is 31.7 Å². The number of pyridine rings is 1. The smallest absolute Gasteiger partial charge is 0.252 e. The molecule has 0 aliphatic rings. The van der Waals surface area contributed by atoms with E-state index in [2.05, 4.69) is 44.7 Å². The minimum Gasteiger partial charge on any atom is -0.323 e. The van der Waals surface area contributed by atoms with Crippen molar-refractivity contribution in [2.45, 2.75) is 60.1 Å². The van der Waals surface area contributed by atoms with Gasteiger partial charge in [0.1, 0.15) is 0 Å².